The van der Waals surface area contributed by atoms with Crippen molar-refractivity contribution in [1.82, 2.24) is 0 Å². The number of rotatable bonds is 5. The van der Waals surface area contributed by atoms with Crippen LogP contribution in [0.15, 0.2) is 18.2 Å². The van der Waals surface area contributed by atoms with Crippen molar-refractivity contribution in [3.8, 4) is 0 Å². The predicted molar refractivity (Wildman–Crippen MR) is 63.4 cm³/mol. The van der Waals surface area contributed by atoms with Gasteiger partial charge in [0.05, 0.1) is 17.2 Å². The lowest BCUT2D eigenvalue weighted by molar-refractivity contribution is -0.383. The highest BCUT2D eigenvalue weighted by molar-refractivity contribution is 5.87. The van der Waals surface area contributed by atoms with Crippen molar-refractivity contribution in [2.75, 3.05) is 17.2 Å². The fraction of sp³-hybridized carbons (Fsp3) is 0.200. The van der Waals surface area contributed by atoms with Gasteiger partial charge >= 0.3 is 6.09 Å². The molecule has 18 heavy (non-hydrogen) atoms. The van der Waals surface area contributed by atoms with E-state index in [1.54, 1.807) is 6.92 Å². The van der Waals surface area contributed by atoms with E-state index in [0.717, 1.165) is 6.07 Å². The number of amides is 2. The summed E-state index contributed by atoms with van der Waals surface area (Å²) in [6.45, 7) is 1.83. The van der Waals surface area contributed by atoms with Gasteiger partial charge in [0, 0.05) is 6.07 Å². The van der Waals surface area contributed by atoms with Crippen molar-refractivity contribution in [3.05, 3.63) is 28.3 Å². The minimum absolute atomic E-state index is 0.0457. The molecule has 1 rings (SSSR count). The second kappa shape index (κ2) is 6.18. The summed E-state index contributed by atoms with van der Waals surface area (Å²) in [6.07, 6.45) is -0.372. The maximum absolute atomic E-state index is 11.1. The van der Waals surface area contributed by atoms with E-state index in [9.17, 15) is 19.7 Å². The van der Waals surface area contributed by atoms with Crippen LogP contribution in [0.5, 0.6) is 0 Å². The third kappa shape index (κ3) is 3.44. The molecule has 0 spiro atoms. The molecule has 0 saturated heterocycles. The van der Waals surface area contributed by atoms with Gasteiger partial charge in [-0.15, -0.1) is 0 Å². The Kier molecular flexibility index (Phi) is 4.61. The molecule has 96 valence electrons. The van der Waals surface area contributed by atoms with Gasteiger partial charge in [-0.3, -0.25) is 20.2 Å². The summed E-state index contributed by atoms with van der Waals surface area (Å²) in [5.41, 5.74) is -0.0718. The minimum Gasteiger partial charge on any atom is -0.450 e. The molecule has 8 nitrogen and oxygen atoms in total. The summed E-state index contributed by atoms with van der Waals surface area (Å²) in [5, 5.41) is 15.3. The van der Waals surface area contributed by atoms with Gasteiger partial charge < -0.3 is 10.1 Å². The molecular weight excluding hydrogens is 242 g/mol. The molecule has 0 aliphatic rings. The Morgan fingerprint density at radius 2 is 2.28 bits per heavy atom. The van der Waals surface area contributed by atoms with Gasteiger partial charge in [-0.2, -0.15) is 0 Å². The second-order valence-electron chi connectivity index (χ2n) is 3.10. The highest BCUT2D eigenvalue weighted by atomic mass is 16.6. The SMILES string of the molecule is CCOC(=O)Nc1ccc(NC=O)c([N+](=O)[O-])c1. The molecule has 0 radical (unpaired) electrons. The third-order valence-electron chi connectivity index (χ3n) is 1.93. The number of nitrogens with zero attached hydrogens (tertiary/aromatic N) is 1. The summed E-state index contributed by atoms with van der Waals surface area (Å²) in [6, 6.07) is 3.85. The lowest BCUT2D eigenvalue weighted by Crippen LogP contribution is -2.13. The standard InChI is InChI=1S/C10H11N3O5/c1-2-18-10(15)12-7-3-4-8(11-6-14)9(5-7)13(16)17/h3-6H,2H2,1H3,(H,11,14)(H,12,15). The van der Waals surface area contributed by atoms with E-state index < -0.39 is 11.0 Å². The lowest BCUT2D eigenvalue weighted by Gasteiger charge is -2.06. The molecule has 2 amide bonds. The first-order valence-corrected chi connectivity index (χ1v) is 5.01. The third-order valence-corrected chi connectivity index (χ3v) is 1.93. The van der Waals surface area contributed by atoms with E-state index >= 15 is 0 Å². The molecule has 0 aliphatic carbocycles. The first-order valence-electron chi connectivity index (χ1n) is 5.01. The van der Waals surface area contributed by atoms with Gasteiger partial charge in [0.25, 0.3) is 5.69 Å². The predicted octanol–water partition coefficient (Wildman–Crippen LogP) is 1.73. The fourth-order valence-corrected chi connectivity index (χ4v) is 1.23. The normalized spacial score (nSPS) is 9.39. The van der Waals surface area contributed by atoms with Crippen LogP contribution < -0.4 is 10.6 Å². The van der Waals surface area contributed by atoms with Crippen molar-refractivity contribution in [1.29, 1.82) is 0 Å². The Morgan fingerprint density at radius 1 is 1.56 bits per heavy atom. The van der Waals surface area contributed by atoms with Crippen molar-refractivity contribution in [2.24, 2.45) is 0 Å². The minimum atomic E-state index is -0.706. The Balaban J connectivity index is 2.96. The van der Waals surface area contributed by atoms with E-state index in [-0.39, 0.29) is 23.7 Å². The number of anilines is 2. The first kappa shape index (κ1) is 13.4. The number of nitrogens with one attached hydrogen (secondary N) is 2. The van der Waals surface area contributed by atoms with Crippen LogP contribution in [-0.4, -0.2) is 24.0 Å². The zero-order chi connectivity index (χ0) is 13.5. The summed E-state index contributed by atoms with van der Waals surface area (Å²) in [7, 11) is 0. The molecule has 0 heterocycles. The van der Waals surface area contributed by atoms with Crippen LogP contribution in [0.1, 0.15) is 6.92 Å². The number of ether oxygens (including phenoxy) is 1. The van der Waals surface area contributed by atoms with Crippen molar-refractivity contribution < 1.29 is 19.2 Å². The molecule has 0 aromatic heterocycles. The maximum Gasteiger partial charge on any atom is 0.411 e. The zero-order valence-electron chi connectivity index (χ0n) is 9.50. The molecule has 0 saturated carbocycles. The number of carbonyl (C=O) groups is 2. The largest absolute Gasteiger partial charge is 0.450 e. The average Bonchev–Trinajstić information content (AvgIpc) is 2.31. The van der Waals surface area contributed by atoms with Crippen LogP contribution in [-0.2, 0) is 9.53 Å². The van der Waals surface area contributed by atoms with E-state index in [2.05, 4.69) is 15.4 Å². The lowest BCUT2D eigenvalue weighted by atomic mass is 10.2. The second-order valence-corrected chi connectivity index (χ2v) is 3.10. The van der Waals surface area contributed by atoms with E-state index in [1.807, 2.05) is 0 Å². The van der Waals surface area contributed by atoms with Gasteiger partial charge in [-0.25, -0.2) is 4.79 Å². The van der Waals surface area contributed by atoms with Crippen LogP contribution in [0.2, 0.25) is 0 Å². The van der Waals surface area contributed by atoms with Gasteiger partial charge in [-0.05, 0) is 19.1 Å². The van der Waals surface area contributed by atoms with E-state index in [0.29, 0.717) is 6.41 Å². The number of hydrogen-bond donors (Lipinski definition) is 2. The van der Waals surface area contributed by atoms with Crippen LogP contribution in [0.4, 0.5) is 21.9 Å². The molecule has 2 N–H and O–H groups in total. The molecule has 1 aromatic rings. The van der Waals surface area contributed by atoms with E-state index in [1.165, 1.54) is 12.1 Å². The molecule has 0 atom stereocenters. The number of nitro benzene ring substituents is 1. The molecule has 0 aliphatic heterocycles. The Bertz CT molecular complexity index is 475. The highest BCUT2D eigenvalue weighted by Gasteiger charge is 2.15. The fourth-order valence-electron chi connectivity index (χ4n) is 1.23. The van der Waals surface area contributed by atoms with E-state index in [4.69, 9.17) is 0 Å². The van der Waals surface area contributed by atoms with Crippen LogP contribution in [0.25, 0.3) is 0 Å². The summed E-state index contributed by atoms with van der Waals surface area (Å²) in [4.78, 5) is 31.5. The summed E-state index contributed by atoms with van der Waals surface area (Å²) < 4.78 is 4.63. The van der Waals surface area contributed by atoms with Crippen LogP contribution in [0.3, 0.4) is 0 Å². The van der Waals surface area contributed by atoms with Gasteiger partial charge in [0.1, 0.15) is 5.69 Å². The van der Waals surface area contributed by atoms with Gasteiger partial charge in [0.2, 0.25) is 6.41 Å². The summed E-state index contributed by atoms with van der Waals surface area (Å²) >= 11 is 0. The average molecular weight is 253 g/mol. The molecule has 8 heteroatoms. The van der Waals surface area contributed by atoms with Gasteiger partial charge in [0.15, 0.2) is 0 Å². The molecule has 0 unspecified atom stereocenters. The van der Waals surface area contributed by atoms with Crippen molar-refractivity contribution in [2.45, 2.75) is 6.92 Å². The number of carbonyl (C=O) groups excluding carboxylic acids is 2. The smallest absolute Gasteiger partial charge is 0.411 e. The molecular formula is C10H11N3O5. The maximum atomic E-state index is 11.1. The zero-order valence-corrected chi connectivity index (χ0v) is 9.50. The van der Waals surface area contributed by atoms with Crippen LogP contribution >= 0.6 is 0 Å². The quantitative estimate of drug-likeness (QED) is 0.471. The Labute approximate surface area is 102 Å². The van der Waals surface area contributed by atoms with Gasteiger partial charge in [-0.1, -0.05) is 0 Å². The Hall–Kier alpha value is -2.64. The monoisotopic (exact) mass is 253 g/mol. The number of benzene rings is 1. The first-order chi connectivity index (χ1) is 8.58. The van der Waals surface area contributed by atoms with Crippen LogP contribution in [0, 0.1) is 10.1 Å². The van der Waals surface area contributed by atoms with Crippen molar-refractivity contribution >= 4 is 29.6 Å². The number of nitro groups is 1. The molecule has 0 bridgehead atoms. The van der Waals surface area contributed by atoms with Crippen molar-refractivity contribution in [3.63, 3.8) is 0 Å². The molecule has 1 aromatic carbocycles. The Morgan fingerprint density at radius 3 is 2.83 bits per heavy atom. The topological polar surface area (TPSA) is 111 Å². The summed E-state index contributed by atoms with van der Waals surface area (Å²) in [5.74, 6) is 0. The highest BCUT2D eigenvalue weighted by Crippen LogP contribution is 2.27. The molecule has 0 fully saturated rings. The number of hydrogen-bond acceptors (Lipinski definition) is 5.